The molecule has 3 aromatic rings. The highest BCUT2D eigenvalue weighted by Gasteiger charge is 2.19. The van der Waals surface area contributed by atoms with E-state index in [0.717, 1.165) is 22.4 Å². The van der Waals surface area contributed by atoms with Crippen LogP contribution >= 0.6 is 46.1 Å². The van der Waals surface area contributed by atoms with E-state index in [1.54, 1.807) is 0 Å². The van der Waals surface area contributed by atoms with Crippen LogP contribution < -0.4 is 5.32 Å². The Balaban J connectivity index is 1.88. The van der Waals surface area contributed by atoms with Crippen molar-refractivity contribution in [2.45, 2.75) is 20.8 Å². The van der Waals surface area contributed by atoms with E-state index >= 15 is 0 Å². The van der Waals surface area contributed by atoms with Crippen molar-refractivity contribution in [2.75, 3.05) is 5.32 Å². The van der Waals surface area contributed by atoms with Gasteiger partial charge in [-0.3, -0.25) is 10.1 Å². The van der Waals surface area contributed by atoms with Crippen molar-refractivity contribution in [1.82, 2.24) is 9.97 Å². The van der Waals surface area contributed by atoms with E-state index in [2.05, 4.69) is 34.3 Å². The van der Waals surface area contributed by atoms with Crippen molar-refractivity contribution in [1.29, 1.82) is 0 Å². The van der Waals surface area contributed by atoms with Crippen LogP contribution in [0.3, 0.4) is 0 Å². The molecule has 26 heavy (non-hydrogen) atoms. The number of anilines is 1. The number of aryl methyl sites for hydroxylation is 3. The first-order valence-electron chi connectivity index (χ1n) is 7.62. The quantitative estimate of drug-likeness (QED) is 0.531. The van der Waals surface area contributed by atoms with E-state index < -0.39 is 5.91 Å². The zero-order valence-corrected chi connectivity index (χ0v) is 17.2. The van der Waals surface area contributed by atoms with Gasteiger partial charge in [0, 0.05) is 17.1 Å². The van der Waals surface area contributed by atoms with Crippen molar-refractivity contribution in [3.63, 3.8) is 0 Å². The molecule has 2 heterocycles. The van der Waals surface area contributed by atoms with Crippen LogP contribution in [0.2, 0.25) is 15.1 Å². The molecule has 0 saturated heterocycles. The first-order chi connectivity index (χ1) is 12.3. The second-order valence-electron chi connectivity index (χ2n) is 5.85. The SMILES string of the molecule is Cc1cc(C)c(-c2csc(NC(=O)c3ncc(Cl)c(Cl)c3Cl)n2)c(C)c1. The number of nitrogens with one attached hydrogen (secondary N) is 1. The summed E-state index contributed by atoms with van der Waals surface area (Å²) in [5.74, 6) is -0.494. The molecule has 1 N–H and O–H groups in total. The molecule has 4 nitrogen and oxygen atoms in total. The Hall–Kier alpha value is -1.66. The molecule has 0 bridgehead atoms. The van der Waals surface area contributed by atoms with Crippen molar-refractivity contribution in [2.24, 2.45) is 0 Å². The van der Waals surface area contributed by atoms with Crippen LogP contribution in [0.5, 0.6) is 0 Å². The van der Waals surface area contributed by atoms with E-state index in [9.17, 15) is 4.79 Å². The zero-order valence-electron chi connectivity index (χ0n) is 14.2. The molecule has 0 radical (unpaired) electrons. The summed E-state index contributed by atoms with van der Waals surface area (Å²) >= 11 is 19.2. The monoisotopic (exact) mass is 425 g/mol. The predicted molar refractivity (Wildman–Crippen MR) is 109 cm³/mol. The first-order valence-corrected chi connectivity index (χ1v) is 9.64. The largest absolute Gasteiger partial charge is 0.296 e. The van der Waals surface area contributed by atoms with Gasteiger partial charge in [-0.1, -0.05) is 52.5 Å². The molecule has 0 spiro atoms. The normalized spacial score (nSPS) is 10.8. The lowest BCUT2D eigenvalue weighted by atomic mass is 9.98. The molecular weight excluding hydrogens is 413 g/mol. The Morgan fingerprint density at radius 1 is 1.08 bits per heavy atom. The van der Waals surface area contributed by atoms with Crippen LogP contribution in [0, 0.1) is 20.8 Å². The molecular formula is C18H14Cl3N3OS. The maximum absolute atomic E-state index is 12.4. The van der Waals surface area contributed by atoms with Gasteiger partial charge in [0.2, 0.25) is 0 Å². The average Bonchev–Trinajstić information content (AvgIpc) is 2.99. The standard InChI is InChI=1S/C18H14Cl3N3OS/c1-8-4-9(2)13(10(3)5-8)12-7-26-18(23-12)24-17(25)16-15(21)14(20)11(19)6-22-16/h4-7H,1-3H3,(H,23,24,25). The minimum atomic E-state index is -0.494. The summed E-state index contributed by atoms with van der Waals surface area (Å²) in [5, 5.41) is 5.36. The lowest BCUT2D eigenvalue weighted by molar-refractivity contribution is 0.102. The summed E-state index contributed by atoms with van der Waals surface area (Å²) in [6.07, 6.45) is 1.29. The lowest BCUT2D eigenvalue weighted by Crippen LogP contribution is -2.14. The maximum Gasteiger partial charge on any atom is 0.277 e. The molecule has 8 heteroatoms. The van der Waals surface area contributed by atoms with Gasteiger partial charge in [-0.15, -0.1) is 11.3 Å². The number of thiazole rings is 1. The van der Waals surface area contributed by atoms with Gasteiger partial charge >= 0.3 is 0 Å². The number of hydrogen-bond acceptors (Lipinski definition) is 4. The average molecular weight is 427 g/mol. The van der Waals surface area contributed by atoms with Crippen LogP contribution in [-0.2, 0) is 0 Å². The summed E-state index contributed by atoms with van der Waals surface area (Å²) < 4.78 is 0. The van der Waals surface area contributed by atoms with Gasteiger partial charge in [0.05, 0.1) is 20.8 Å². The van der Waals surface area contributed by atoms with Crippen LogP contribution in [-0.4, -0.2) is 15.9 Å². The van der Waals surface area contributed by atoms with Gasteiger partial charge in [0.1, 0.15) is 5.69 Å². The summed E-state index contributed by atoms with van der Waals surface area (Å²) in [5.41, 5.74) is 5.36. The van der Waals surface area contributed by atoms with Crippen molar-refractivity contribution >= 4 is 57.2 Å². The third-order valence-corrected chi connectivity index (χ3v) is 5.79. The molecule has 1 amide bonds. The second kappa shape index (κ2) is 7.53. The lowest BCUT2D eigenvalue weighted by Gasteiger charge is -2.09. The number of rotatable bonds is 3. The Kier molecular flexibility index (Phi) is 5.53. The first kappa shape index (κ1) is 19.1. The predicted octanol–water partition coefficient (Wildman–Crippen LogP) is 6.34. The van der Waals surface area contributed by atoms with E-state index in [-0.39, 0.29) is 20.8 Å². The number of pyridine rings is 1. The van der Waals surface area contributed by atoms with Crippen molar-refractivity contribution in [3.05, 3.63) is 61.2 Å². The van der Waals surface area contributed by atoms with Gasteiger partial charge in [0.25, 0.3) is 5.91 Å². The molecule has 0 unspecified atom stereocenters. The highest BCUT2D eigenvalue weighted by atomic mass is 35.5. The van der Waals surface area contributed by atoms with Crippen molar-refractivity contribution in [3.8, 4) is 11.3 Å². The number of hydrogen-bond donors (Lipinski definition) is 1. The zero-order chi connectivity index (χ0) is 19.0. The summed E-state index contributed by atoms with van der Waals surface area (Å²) in [6, 6.07) is 4.22. The van der Waals surface area contributed by atoms with Gasteiger partial charge in [-0.2, -0.15) is 0 Å². The number of halogens is 3. The fraction of sp³-hybridized carbons (Fsp3) is 0.167. The van der Waals surface area contributed by atoms with Crippen molar-refractivity contribution < 1.29 is 4.79 Å². The molecule has 0 aliphatic heterocycles. The number of amides is 1. The van der Waals surface area contributed by atoms with E-state index in [4.69, 9.17) is 34.8 Å². The van der Waals surface area contributed by atoms with Gasteiger partial charge in [-0.25, -0.2) is 9.97 Å². The molecule has 2 aromatic heterocycles. The Labute approximate surface area is 170 Å². The molecule has 3 rings (SSSR count). The van der Waals surface area contributed by atoms with Gasteiger partial charge in [0.15, 0.2) is 5.13 Å². The van der Waals surface area contributed by atoms with E-state index in [0.29, 0.717) is 5.13 Å². The van der Waals surface area contributed by atoms with E-state index in [1.165, 1.54) is 23.1 Å². The third kappa shape index (κ3) is 3.71. The van der Waals surface area contributed by atoms with Crippen LogP contribution in [0.4, 0.5) is 5.13 Å². The summed E-state index contributed by atoms with van der Waals surface area (Å²) in [6.45, 7) is 6.16. The highest BCUT2D eigenvalue weighted by molar-refractivity contribution is 7.14. The maximum atomic E-state index is 12.4. The van der Waals surface area contributed by atoms with Crippen LogP contribution in [0.15, 0.2) is 23.7 Å². The molecule has 0 aliphatic rings. The number of nitrogens with zero attached hydrogens (tertiary/aromatic N) is 2. The molecule has 134 valence electrons. The smallest absolute Gasteiger partial charge is 0.277 e. The molecule has 0 atom stereocenters. The fourth-order valence-corrected chi connectivity index (χ4v) is 4.05. The Morgan fingerprint density at radius 3 is 2.38 bits per heavy atom. The molecule has 0 aliphatic carbocycles. The van der Waals surface area contributed by atoms with Crippen LogP contribution in [0.25, 0.3) is 11.3 Å². The molecule has 0 saturated carbocycles. The minimum absolute atomic E-state index is 0.000476. The molecule has 1 aromatic carbocycles. The highest BCUT2D eigenvalue weighted by Crippen LogP contribution is 2.33. The number of carbonyl (C=O) groups excluding carboxylic acids is 1. The third-order valence-electron chi connectivity index (χ3n) is 3.79. The fourth-order valence-electron chi connectivity index (χ4n) is 2.79. The minimum Gasteiger partial charge on any atom is -0.296 e. The van der Waals surface area contributed by atoms with Crippen LogP contribution in [0.1, 0.15) is 27.2 Å². The molecule has 0 fully saturated rings. The number of carbonyl (C=O) groups is 1. The van der Waals surface area contributed by atoms with E-state index in [1.807, 2.05) is 19.2 Å². The summed E-state index contributed by atoms with van der Waals surface area (Å²) in [4.78, 5) is 20.9. The summed E-state index contributed by atoms with van der Waals surface area (Å²) in [7, 11) is 0. The Morgan fingerprint density at radius 2 is 1.73 bits per heavy atom. The number of aromatic nitrogens is 2. The number of benzene rings is 1. The second-order valence-corrected chi connectivity index (χ2v) is 7.87. The van der Waals surface area contributed by atoms with Gasteiger partial charge in [-0.05, 0) is 31.9 Å². The topological polar surface area (TPSA) is 54.9 Å². The Bertz CT molecular complexity index is 994. The van der Waals surface area contributed by atoms with Gasteiger partial charge < -0.3 is 0 Å².